The van der Waals surface area contributed by atoms with Gasteiger partial charge in [-0.25, -0.2) is 8.42 Å². The first-order chi connectivity index (χ1) is 6.82. The molecule has 0 aromatic rings. The van der Waals surface area contributed by atoms with Crippen LogP contribution in [-0.2, 0) is 9.84 Å². The molecule has 1 heterocycles. The lowest BCUT2D eigenvalue weighted by Gasteiger charge is -2.35. The van der Waals surface area contributed by atoms with Crippen LogP contribution in [0.2, 0.25) is 0 Å². The van der Waals surface area contributed by atoms with Gasteiger partial charge in [-0.3, -0.25) is 4.90 Å². The Morgan fingerprint density at radius 1 is 1.47 bits per heavy atom. The standard InChI is InChI=1S/C10H22N2O2S/c1-8(2)10(11)6-12-4-5-15(13,14)7-9(12)3/h8-10H,4-7,11H2,1-3H3. The van der Waals surface area contributed by atoms with Crippen molar-refractivity contribution in [2.24, 2.45) is 11.7 Å². The van der Waals surface area contributed by atoms with Gasteiger partial charge in [-0.1, -0.05) is 13.8 Å². The Morgan fingerprint density at radius 3 is 2.53 bits per heavy atom. The smallest absolute Gasteiger partial charge is 0.153 e. The van der Waals surface area contributed by atoms with Gasteiger partial charge < -0.3 is 5.73 Å². The molecular weight excluding hydrogens is 212 g/mol. The Bertz CT molecular complexity index is 301. The average molecular weight is 234 g/mol. The zero-order valence-corrected chi connectivity index (χ0v) is 10.6. The van der Waals surface area contributed by atoms with Crippen LogP contribution >= 0.6 is 0 Å². The molecule has 5 heteroatoms. The number of hydrogen-bond acceptors (Lipinski definition) is 4. The molecule has 90 valence electrons. The van der Waals surface area contributed by atoms with Crippen molar-refractivity contribution in [3.05, 3.63) is 0 Å². The van der Waals surface area contributed by atoms with Crippen LogP contribution in [-0.4, -0.2) is 50.0 Å². The molecule has 1 saturated heterocycles. The molecule has 0 bridgehead atoms. The summed E-state index contributed by atoms with van der Waals surface area (Å²) in [5.41, 5.74) is 5.99. The number of nitrogens with zero attached hydrogens (tertiary/aromatic N) is 1. The van der Waals surface area contributed by atoms with Crippen LogP contribution in [0.15, 0.2) is 0 Å². The van der Waals surface area contributed by atoms with Gasteiger partial charge in [0.1, 0.15) is 0 Å². The van der Waals surface area contributed by atoms with Crippen LogP contribution in [0.4, 0.5) is 0 Å². The highest BCUT2D eigenvalue weighted by Crippen LogP contribution is 2.13. The Hall–Kier alpha value is -0.130. The summed E-state index contributed by atoms with van der Waals surface area (Å²) < 4.78 is 22.7. The van der Waals surface area contributed by atoms with E-state index in [0.29, 0.717) is 12.5 Å². The molecule has 0 spiro atoms. The first kappa shape index (κ1) is 12.9. The minimum absolute atomic E-state index is 0.105. The summed E-state index contributed by atoms with van der Waals surface area (Å²) in [6, 6.07) is 0.238. The van der Waals surface area contributed by atoms with Gasteiger partial charge in [-0.2, -0.15) is 0 Å². The summed E-state index contributed by atoms with van der Waals surface area (Å²) >= 11 is 0. The van der Waals surface area contributed by atoms with E-state index < -0.39 is 9.84 Å². The lowest BCUT2D eigenvalue weighted by Crippen LogP contribution is -2.51. The molecule has 1 fully saturated rings. The highest BCUT2D eigenvalue weighted by Gasteiger charge is 2.29. The van der Waals surface area contributed by atoms with Gasteiger partial charge in [-0.05, 0) is 12.8 Å². The monoisotopic (exact) mass is 234 g/mol. The number of hydrogen-bond donors (Lipinski definition) is 1. The molecule has 15 heavy (non-hydrogen) atoms. The summed E-state index contributed by atoms with van der Waals surface area (Å²) in [7, 11) is -2.80. The Morgan fingerprint density at radius 2 is 2.07 bits per heavy atom. The molecule has 0 amide bonds. The van der Waals surface area contributed by atoms with Gasteiger partial charge in [0.2, 0.25) is 0 Å². The van der Waals surface area contributed by atoms with Crippen molar-refractivity contribution in [2.75, 3.05) is 24.6 Å². The predicted octanol–water partition coefficient (Wildman–Crippen LogP) is 0.0886. The fraction of sp³-hybridized carbons (Fsp3) is 1.00. The lowest BCUT2D eigenvalue weighted by atomic mass is 10.0. The topological polar surface area (TPSA) is 63.4 Å². The summed E-state index contributed by atoms with van der Waals surface area (Å²) in [6.07, 6.45) is 0. The second-order valence-electron chi connectivity index (χ2n) is 4.87. The van der Waals surface area contributed by atoms with Crippen LogP contribution in [0.25, 0.3) is 0 Å². The molecule has 0 aliphatic carbocycles. The van der Waals surface area contributed by atoms with E-state index in [0.717, 1.165) is 6.54 Å². The van der Waals surface area contributed by atoms with E-state index in [-0.39, 0.29) is 23.6 Å². The van der Waals surface area contributed by atoms with E-state index in [1.807, 2.05) is 6.92 Å². The van der Waals surface area contributed by atoms with Crippen LogP contribution in [0.3, 0.4) is 0 Å². The first-order valence-corrected chi connectivity index (χ1v) is 7.34. The average Bonchev–Trinajstić information content (AvgIpc) is 2.08. The van der Waals surface area contributed by atoms with E-state index in [1.54, 1.807) is 0 Å². The molecular formula is C10H22N2O2S. The zero-order valence-electron chi connectivity index (χ0n) is 9.81. The summed E-state index contributed by atoms with van der Waals surface area (Å²) in [5.74, 6) is 0.996. The maximum Gasteiger partial charge on any atom is 0.153 e. The van der Waals surface area contributed by atoms with Gasteiger partial charge in [0.25, 0.3) is 0 Å². The molecule has 1 aliphatic rings. The van der Waals surface area contributed by atoms with Crippen molar-refractivity contribution < 1.29 is 8.42 Å². The molecule has 2 atom stereocenters. The van der Waals surface area contributed by atoms with Gasteiger partial charge in [0, 0.05) is 25.2 Å². The molecule has 0 aromatic heterocycles. The van der Waals surface area contributed by atoms with Crippen LogP contribution < -0.4 is 5.73 Å². The number of rotatable bonds is 3. The predicted molar refractivity (Wildman–Crippen MR) is 62.5 cm³/mol. The molecule has 1 aliphatic heterocycles. The third-order valence-corrected chi connectivity index (χ3v) is 4.90. The second-order valence-corrected chi connectivity index (χ2v) is 7.09. The largest absolute Gasteiger partial charge is 0.326 e. The Labute approximate surface area is 92.7 Å². The summed E-state index contributed by atoms with van der Waals surface area (Å²) in [4.78, 5) is 2.19. The highest BCUT2D eigenvalue weighted by atomic mass is 32.2. The lowest BCUT2D eigenvalue weighted by molar-refractivity contribution is 0.199. The number of nitrogens with two attached hydrogens (primary N) is 1. The summed E-state index contributed by atoms with van der Waals surface area (Å²) in [6.45, 7) is 7.58. The molecule has 0 saturated carbocycles. The molecule has 0 aromatic carbocycles. The van der Waals surface area contributed by atoms with Gasteiger partial charge >= 0.3 is 0 Å². The number of sulfone groups is 1. The van der Waals surface area contributed by atoms with E-state index in [9.17, 15) is 8.42 Å². The van der Waals surface area contributed by atoms with Crippen molar-refractivity contribution in [1.82, 2.24) is 4.90 Å². The maximum atomic E-state index is 11.4. The molecule has 0 radical (unpaired) electrons. The van der Waals surface area contributed by atoms with Gasteiger partial charge in [0.15, 0.2) is 9.84 Å². The first-order valence-electron chi connectivity index (χ1n) is 5.52. The van der Waals surface area contributed by atoms with Crippen molar-refractivity contribution in [3.8, 4) is 0 Å². The van der Waals surface area contributed by atoms with Crippen LogP contribution in [0.1, 0.15) is 20.8 Å². The SMILES string of the molecule is CC(C)C(N)CN1CCS(=O)(=O)CC1C. The van der Waals surface area contributed by atoms with Crippen molar-refractivity contribution in [2.45, 2.75) is 32.9 Å². The van der Waals surface area contributed by atoms with Gasteiger partial charge in [-0.15, -0.1) is 0 Å². The fourth-order valence-electron chi connectivity index (χ4n) is 1.79. The van der Waals surface area contributed by atoms with E-state index in [1.165, 1.54) is 0 Å². The van der Waals surface area contributed by atoms with E-state index in [2.05, 4.69) is 18.7 Å². The van der Waals surface area contributed by atoms with Crippen LogP contribution in [0.5, 0.6) is 0 Å². The normalized spacial score (nSPS) is 29.3. The second kappa shape index (κ2) is 4.80. The molecule has 1 rings (SSSR count). The minimum atomic E-state index is -2.80. The molecule has 4 nitrogen and oxygen atoms in total. The fourth-order valence-corrected chi connectivity index (χ4v) is 3.41. The third kappa shape index (κ3) is 3.74. The van der Waals surface area contributed by atoms with E-state index in [4.69, 9.17) is 5.73 Å². The van der Waals surface area contributed by atoms with Gasteiger partial charge in [0.05, 0.1) is 11.5 Å². The zero-order chi connectivity index (χ0) is 11.6. The quantitative estimate of drug-likeness (QED) is 0.751. The summed E-state index contributed by atoms with van der Waals surface area (Å²) in [5, 5.41) is 0. The maximum absolute atomic E-state index is 11.4. The third-order valence-electron chi connectivity index (χ3n) is 3.11. The highest BCUT2D eigenvalue weighted by molar-refractivity contribution is 7.91. The van der Waals surface area contributed by atoms with Crippen LogP contribution in [0, 0.1) is 5.92 Å². The molecule has 2 N–H and O–H groups in total. The van der Waals surface area contributed by atoms with Crippen molar-refractivity contribution in [3.63, 3.8) is 0 Å². The van der Waals surface area contributed by atoms with Crippen molar-refractivity contribution >= 4 is 9.84 Å². The van der Waals surface area contributed by atoms with E-state index >= 15 is 0 Å². The molecule has 2 unspecified atom stereocenters. The van der Waals surface area contributed by atoms with Crippen molar-refractivity contribution in [1.29, 1.82) is 0 Å². The Kier molecular flexibility index (Phi) is 4.14. The Balaban J connectivity index is 2.52. The minimum Gasteiger partial charge on any atom is -0.326 e.